The first-order valence-corrected chi connectivity index (χ1v) is 9.87. The van der Waals surface area contributed by atoms with Gasteiger partial charge in [0.25, 0.3) is 0 Å². The fraction of sp³-hybridized carbons (Fsp3) is 0.250. The van der Waals surface area contributed by atoms with Crippen LogP contribution in [0.1, 0.15) is 29.2 Å². The van der Waals surface area contributed by atoms with E-state index in [1.54, 1.807) is 0 Å². The van der Waals surface area contributed by atoms with E-state index in [-0.39, 0.29) is 0 Å². The van der Waals surface area contributed by atoms with E-state index in [0.717, 1.165) is 34.9 Å². The Kier molecular flexibility index (Phi) is 6.83. The van der Waals surface area contributed by atoms with E-state index in [0.29, 0.717) is 18.2 Å². The molecule has 0 saturated carbocycles. The Bertz CT molecular complexity index is 940. The molecule has 28 heavy (non-hydrogen) atoms. The van der Waals surface area contributed by atoms with Gasteiger partial charge in [-0.05, 0) is 67.8 Å². The molecule has 0 aliphatic rings. The Hall–Kier alpha value is -2.65. The summed E-state index contributed by atoms with van der Waals surface area (Å²) in [6.45, 7) is 7.95. The van der Waals surface area contributed by atoms with Crippen LogP contribution in [0, 0.1) is 13.8 Å². The highest BCUT2D eigenvalue weighted by atomic mass is 35.5. The number of nitrogens with one attached hydrogen (secondary N) is 1. The Morgan fingerprint density at radius 1 is 0.857 bits per heavy atom. The van der Waals surface area contributed by atoms with Gasteiger partial charge in [-0.2, -0.15) is 0 Å². The lowest BCUT2D eigenvalue weighted by atomic mass is 10.1. The quantitative estimate of drug-likeness (QED) is 0.469. The Morgan fingerprint density at radius 3 is 2.46 bits per heavy atom. The van der Waals surface area contributed by atoms with E-state index in [1.807, 2.05) is 43.3 Å². The fourth-order valence-corrected chi connectivity index (χ4v) is 3.26. The van der Waals surface area contributed by atoms with Crippen LogP contribution in [0.15, 0.2) is 60.7 Å². The molecular formula is C24H26ClNO2. The summed E-state index contributed by atoms with van der Waals surface area (Å²) in [5.41, 5.74) is 5.81. The molecule has 146 valence electrons. The van der Waals surface area contributed by atoms with Crippen LogP contribution in [-0.4, -0.2) is 6.61 Å². The summed E-state index contributed by atoms with van der Waals surface area (Å²) in [6, 6.07) is 20.2. The van der Waals surface area contributed by atoms with Crippen LogP contribution in [0.5, 0.6) is 11.5 Å². The molecule has 0 aromatic heterocycles. The maximum atomic E-state index is 6.05. The average Bonchev–Trinajstić information content (AvgIpc) is 2.67. The van der Waals surface area contributed by atoms with Crippen molar-refractivity contribution in [2.45, 2.75) is 33.9 Å². The Balaban J connectivity index is 1.69. The molecule has 0 aliphatic heterocycles. The summed E-state index contributed by atoms with van der Waals surface area (Å²) >= 11 is 6.05. The van der Waals surface area contributed by atoms with Crippen LogP contribution in [0.4, 0.5) is 5.69 Å². The van der Waals surface area contributed by atoms with Crippen molar-refractivity contribution < 1.29 is 9.47 Å². The number of aryl methyl sites for hydroxylation is 2. The number of hydrogen-bond donors (Lipinski definition) is 1. The molecule has 0 aliphatic carbocycles. The summed E-state index contributed by atoms with van der Waals surface area (Å²) in [4.78, 5) is 0. The van der Waals surface area contributed by atoms with Gasteiger partial charge in [0.2, 0.25) is 0 Å². The van der Waals surface area contributed by atoms with Crippen molar-refractivity contribution in [3.05, 3.63) is 87.9 Å². The molecule has 0 amide bonds. The fourth-order valence-electron chi connectivity index (χ4n) is 3.05. The van der Waals surface area contributed by atoms with Gasteiger partial charge in [0, 0.05) is 17.3 Å². The van der Waals surface area contributed by atoms with Crippen LogP contribution in [-0.2, 0) is 13.2 Å². The van der Waals surface area contributed by atoms with Crippen molar-refractivity contribution in [3.8, 4) is 11.5 Å². The SMILES string of the molecule is CCOc1cc(CNc2ccc(C)cc2C)ccc1OCc1cccc(Cl)c1. The molecule has 0 heterocycles. The van der Waals surface area contributed by atoms with E-state index in [9.17, 15) is 0 Å². The number of halogens is 1. The van der Waals surface area contributed by atoms with Gasteiger partial charge in [0.1, 0.15) is 6.61 Å². The van der Waals surface area contributed by atoms with E-state index < -0.39 is 0 Å². The maximum absolute atomic E-state index is 6.05. The number of hydrogen-bond acceptors (Lipinski definition) is 3. The van der Waals surface area contributed by atoms with Crippen molar-refractivity contribution in [2.75, 3.05) is 11.9 Å². The largest absolute Gasteiger partial charge is 0.490 e. The van der Waals surface area contributed by atoms with Crippen LogP contribution < -0.4 is 14.8 Å². The van der Waals surface area contributed by atoms with E-state index in [4.69, 9.17) is 21.1 Å². The van der Waals surface area contributed by atoms with Gasteiger partial charge >= 0.3 is 0 Å². The molecule has 0 unspecified atom stereocenters. The minimum Gasteiger partial charge on any atom is -0.490 e. The Labute approximate surface area is 172 Å². The van der Waals surface area contributed by atoms with Crippen molar-refractivity contribution in [2.24, 2.45) is 0 Å². The lowest BCUT2D eigenvalue weighted by molar-refractivity contribution is 0.269. The molecular weight excluding hydrogens is 370 g/mol. The molecule has 0 saturated heterocycles. The van der Waals surface area contributed by atoms with Crippen LogP contribution in [0.3, 0.4) is 0 Å². The molecule has 0 spiro atoms. The summed E-state index contributed by atoms with van der Waals surface area (Å²) in [5.74, 6) is 1.49. The van der Waals surface area contributed by atoms with Crippen molar-refractivity contribution in [3.63, 3.8) is 0 Å². The maximum Gasteiger partial charge on any atom is 0.161 e. The molecule has 3 aromatic carbocycles. The van der Waals surface area contributed by atoms with Gasteiger partial charge in [-0.15, -0.1) is 0 Å². The Morgan fingerprint density at radius 2 is 1.71 bits per heavy atom. The number of rotatable bonds is 8. The smallest absolute Gasteiger partial charge is 0.161 e. The minimum atomic E-state index is 0.445. The topological polar surface area (TPSA) is 30.5 Å². The van der Waals surface area contributed by atoms with Crippen LogP contribution in [0.2, 0.25) is 5.02 Å². The van der Waals surface area contributed by atoms with Gasteiger partial charge in [-0.1, -0.05) is 47.5 Å². The molecule has 3 aromatic rings. The third-order valence-corrected chi connectivity index (χ3v) is 4.69. The lowest BCUT2D eigenvalue weighted by Gasteiger charge is -2.15. The van der Waals surface area contributed by atoms with Crippen LogP contribution >= 0.6 is 11.6 Å². The van der Waals surface area contributed by atoms with Gasteiger partial charge in [0.15, 0.2) is 11.5 Å². The zero-order valence-electron chi connectivity index (χ0n) is 16.6. The van der Waals surface area contributed by atoms with Crippen LogP contribution in [0.25, 0.3) is 0 Å². The average molecular weight is 396 g/mol. The first-order chi connectivity index (χ1) is 13.5. The molecule has 4 heteroatoms. The highest BCUT2D eigenvalue weighted by Crippen LogP contribution is 2.30. The molecule has 1 N–H and O–H groups in total. The molecule has 0 bridgehead atoms. The van der Waals surface area contributed by atoms with Gasteiger partial charge in [0.05, 0.1) is 6.61 Å². The van der Waals surface area contributed by atoms with Crippen molar-refractivity contribution in [1.82, 2.24) is 0 Å². The molecule has 3 nitrogen and oxygen atoms in total. The number of ether oxygens (including phenoxy) is 2. The third kappa shape index (κ3) is 5.43. The minimum absolute atomic E-state index is 0.445. The monoisotopic (exact) mass is 395 g/mol. The zero-order chi connectivity index (χ0) is 19.9. The van der Waals surface area contributed by atoms with Gasteiger partial charge < -0.3 is 14.8 Å². The molecule has 0 fully saturated rings. The standard InChI is InChI=1S/C24H26ClNO2/c1-4-27-24-14-19(15-26-22-10-8-17(2)12-18(22)3)9-11-23(24)28-16-20-6-5-7-21(25)13-20/h5-14,26H,4,15-16H2,1-3H3. The normalized spacial score (nSPS) is 10.6. The van der Waals surface area contributed by atoms with E-state index in [1.165, 1.54) is 11.1 Å². The summed E-state index contributed by atoms with van der Waals surface area (Å²) in [7, 11) is 0. The zero-order valence-corrected chi connectivity index (χ0v) is 17.3. The predicted molar refractivity (Wildman–Crippen MR) is 117 cm³/mol. The third-order valence-electron chi connectivity index (χ3n) is 4.46. The summed E-state index contributed by atoms with van der Waals surface area (Å²) < 4.78 is 11.8. The second-order valence-electron chi connectivity index (χ2n) is 6.80. The summed E-state index contributed by atoms with van der Waals surface area (Å²) in [6.07, 6.45) is 0. The van der Waals surface area contributed by atoms with Gasteiger partial charge in [-0.25, -0.2) is 0 Å². The van der Waals surface area contributed by atoms with E-state index >= 15 is 0 Å². The molecule has 0 atom stereocenters. The van der Waals surface area contributed by atoms with Crippen molar-refractivity contribution in [1.29, 1.82) is 0 Å². The number of anilines is 1. The summed E-state index contributed by atoms with van der Waals surface area (Å²) in [5, 5.41) is 4.21. The predicted octanol–water partition coefficient (Wildman–Crippen LogP) is 6.55. The first kappa shape index (κ1) is 20.1. The first-order valence-electron chi connectivity index (χ1n) is 9.49. The van der Waals surface area contributed by atoms with Crippen molar-refractivity contribution >= 4 is 17.3 Å². The van der Waals surface area contributed by atoms with E-state index in [2.05, 4.69) is 43.4 Å². The number of benzene rings is 3. The second kappa shape index (κ2) is 9.52. The molecule has 3 rings (SSSR count). The molecule has 0 radical (unpaired) electrons. The lowest BCUT2D eigenvalue weighted by Crippen LogP contribution is -2.04. The second-order valence-corrected chi connectivity index (χ2v) is 7.24. The highest BCUT2D eigenvalue weighted by molar-refractivity contribution is 6.30. The van der Waals surface area contributed by atoms with Gasteiger partial charge in [-0.3, -0.25) is 0 Å². The highest BCUT2D eigenvalue weighted by Gasteiger charge is 2.08.